The summed E-state index contributed by atoms with van der Waals surface area (Å²) < 4.78 is 4.25. The highest BCUT2D eigenvalue weighted by atomic mass is 35.5. The SMILES string of the molecule is Cc1nsc(N2CCCN(c3cncc(Cl)n3)CC2)n1. The van der Waals surface area contributed by atoms with Crippen molar-refractivity contribution in [2.24, 2.45) is 0 Å². The van der Waals surface area contributed by atoms with E-state index in [9.17, 15) is 0 Å². The summed E-state index contributed by atoms with van der Waals surface area (Å²) in [6, 6.07) is 0. The third kappa shape index (κ3) is 2.99. The Labute approximate surface area is 126 Å². The first kappa shape index (κ1) is 13.5. The molecule has 0 aliphatic carbocycles. The van der Waals surface area contributed by atoms with E-state index in [-0.39, 0.29) is 0 Å². The first-order valence-electron chi connectivity index (χ1n) is 6.50. The van der Waals surface area contributed by atoms with Crippen LogP contribution in [0.2, 0.25) is 5.15 Å². The van der Waals surface area contributed by atoms with Crippen LogP contribution in [0.25, 0.3) is 0 Å². The average Bonchev–Trinajstić information content (AvgIpc) is 2.73. The predicted octanol–water partition coefficient (Wildman–Crippen LogP) is 2.01. The fraction of sp³-hybridized carbons (Fsp3) is 0.500. The van der Waals surface area contributed by atoms with Gasteiger partial charge in [-0.15, -0.1) is 0 Å². The molecule has 3 heterocycles. The summed E-state index contributed by atoms with van der Waals surface area (Å²) in [4.78, 5) is 17.4. The minimum atomic E-state index is 0.434. The molecule has 0 amide bonds. The van der Waals surface area contributed by atoms with Gasteiger partial charge in [-0.05, 0) is 13.3 Å². The number of aryl methyl sites for hydroxylation is 1. The topological polar surface area (TPSA) is 58.0 Å². The van der Waals surface area contributed by atoms with E-state index in [0.717, 1.165) is 49.4 Å². The van der Waals surface area contributed by atoms with Crippen LogP contribution in [-0.2, 0) is 0 Å². The molecule has 0 atom stereocenters. The van der Waals surface area contributed by atoms with Crippen LogP contribution in [0.4, 0.5) is 10.9 Å². The van der Waals surface area contributed by atoms with Gasteiger partial charge in [0, 0.05) is 37.7 Å². The fourth-order valence-electron chi connectivity index (χ4n) is 2.24. The summed E-state index contributed by atoms with van der Waals surface area (Å²) in [5.41, 5.74) is 0. The van der Waals surface area contributed by atoms with Gasteiger partial charge in [-0.3, -0.25) is 4.98 Å². The summed E-state index contributed by atoms with van der Waals surface area (Å²) >= 11 is 7.37. The van der Waals surface area contributed by atoms with Crippen LogP contribution in [-0.4, -0.2) is 45.5 Å². The standard InChI is InChI=1S/C12H15ClN6S/c1-9-15-12(20-17-9)19-4-2-3-18(5-6-19)11-8-14-7-10(13)16-11/h7-8H,2-6H2,1H3. The fourth-order valence-corrected chi connectivity index (χ4v) is 3.11. The second-order valence-electron chi connectivity index (χ2n) is 4.65. The molecule has 0 N–H and O–H groups in total. The van der Waals surface area contributed by atoms with Crippen LogP contribution in [0.15, 0.2) is 12.4 Å². The molecule has 0 unspecified atom stereocenters. The normalized spacial score (nSPS) is 16.3. The van der Waals surface area contributed by atoms with Gasteiger partial charge in [-0.2, -0.15) is 4.37 Å². The Hall–Kier alpha value is -1.47. The summed E-state index contributed by atoms with van der Waals surface area (Å²) in [6.45, 7) is 5.64. The first-order valence-corrected chi connectivity index (χ1v) is 7.65. The van der Waals surface area contributed by atoms with E-state index in [1.165, 1.54) is 11.5 Å². The molecule has 0 bridgehead atoms. The number of hydrogen-bond acceptors (Lipinski definition) is 7. The van der Waals surface area contributed by atoms with Gasteiger partial charge in [0.15, 0.2) is 0 Å². The van der Waals surface area contributed by atoms with Gasteiger partial charge in [0.2, 0.25) is 5.13 Å². The number of halogens is 1. The molecule has 6 nitrogen and oxygen atoms in total. The van der Waals surface area contributed by atoms with Crippen LogP contribution in [0.5, 0.6) is 0 Å². The van der Waals surface area contributed by atoms with E-state index in [4.69, 9.17) is 11.6 Å². The third-order valence-corrected chi connectivity index (χ3v) is 4.25. The van der Waals surface area contributed by atoms with Crippen molar-refractivity contribution in [3.63, 3.8) is 0 Å². The smallest absolute Gasteiger partial charge is 0.205 e. The number of anilines is 2. The molecular formula is C12H15ClN6S. The highest BCUT2D eigenvalue weighted by molar-refractivity contribution is 7.09. The molecule has 3 rings (SSSR count). The Morgan fingerprint density at radius 1 is 1.10 bits per heavy atom. The Balaban J connectivity index is 1.70. The zero-order valence-electron chi connectivity index (χ0n) is 11.2. The van der Waals surface area contributed by atoms with Gasteiger partial charge in [-0.25, -0.2) is 9.97 Å². The molecule has 20 heavy (non-hydrogen) atoms. The van der Waals surface area contributed by atoms with E-state index in [2.05, 4.69) is 29.1 Å². The maximum atomic E-state index is 5.90. The van der Waals surface area contributed by atoms with Crippen LogP contribution in [0.3, 0.4) is 0 Å². The van der Waals surface area contributed by atoms with Gasteiger partial charge in [0.25, 0.3) is 0 Å². The third-order valence-electron chi connectivity index (χ3n) is 3.20. The van der Waals surface area contributed by atoms with Crippen molar-refractivity contribution in [1.82, 2.24) is 19.3 Å². The number of aromatic nitrogens is 4. The molecule has 0 spiro atoms. The Morgan fingerprint density at radius 3 is 2.65 bits per heavy atom. The Kier molecular flexibility index (Phi) is 3.98. The van der Waals surface area contributed by atoms with Gasteiger partial charge >= 0.3 is 0 Å². The second-order valence-corrected chi connectivity index (χ2v) is 5.77. The second kappa shape index (κ2) is 5.88. The quantitative estimate of drug-likeness (QED) is 0.845. The van der Waals surface area contributed by atoms with Crippen molar-refractivity contribution in [2.75, 3.05) is 36.0 Å². The minimum absolute atomic E-state index is 0.434. The molecule has 1 aliphatic heterocycles. The molecule has 1 saturated heterocycles. The molecule has 2 aromatic rings. The van der Waals surface area contributed by atoms with Crippen LogP contribution >= 0.6 is 23.1 Å². The number of nitrogens with zero attached hydrogens (tertiary/aromatic N) is 6. The predicted molar refractivity (Wildman–Crippen MR) is 80.7 cm³/mol. The summed E-state index contributed by atoms with van der Waals surface area (Å²) in [6.07, 6.45) is 4.36. The van der Waals surface area contributed by atoms with Crippen LogP contribution < -0.4 is 9.80 Å². The maximum Gasteiger partial charge on any atom is 0.205 e. The van der Waals surface area contributed by atoms with Crippen LogP contribution in [0, 0.1) is 6.92 Å². The van der Waals surface area contributed by atoms with E-state index < -0.39 is 0 Å². The van der Waals surface area contributed by atoms with E-state index in [0.29, 0.717) is 5.15 Å². The Bertz CT molecular complexity index is 589. The van der Waals surface area contributed by atoms with E-state index in [1.54, 1.807) is 12.4 Å². The summed E-state index contributed by atoms with van der Waals surface area (Å²) in [5, 5.41) is 1.44. The van der Waals surface area contributed by atoms with Crippen molar-refractivity contribution >= 4 is 34.1 Å². The monoisotopic (exact) mass is 310 g/mol. The van der Waals surface area contributed by atoms with Gasteiger partial charge < -0.3 is 9.80 Å². The van der Waals surface area contributed by atoms with Crippen molar-refractivity contribution < 1.29 is 0 Å². The molecule has 0 aromatic carbocycles. The molecule has 106 valence electrons. The Morgan fingerprint density at radius 2 is 1.90 bits per heavy atom. The molecule has 1 aliphatic rings. The molecule has 0 saturated carbocycles. The van der Waals surface area contributed by atoms with Crippen molar-refractivity contribution in [3.8, 4) is 0 Å². The van der Waals surface area contributed by atoms with Gasteiger partial charge in [0.1, 0.15) is 16.8 Å². The lowest BCUT2D eigenvalue weighted by Crippen LogP contribution is -2.31. The molecule has 0 radical (unpaired) electrons. The van der Waals surface area contributed by atoms with E-state index in [1.807, 2.05) is 6.92 Å². The van der Waals surface area contributed by atoms with Crippen molar-refractivity contribution in [1.29, 1.82) is 0 Å². The maximum absolute atomic E-state index is 5.90. The lowest BCUT2D eigenvalue weighted by molar-refractivity contribution is 0.794. The molecule has 2 aromatic heterocycles. The largest absolute Gasteiger partial charge is 0.353 e. The van der Waals surface area contributed by atoms with Crippen molar-refractivity contribution in [3.05, 3.63) is 23.4 Å². The highest BCUT2D eigenvalue weighted by Gasteiger charge is 2.18. The first-order chi connectivity index (χ1) is 9.72. The lowest BCUT2D eigenvalue weighted by atomic mass is 10.4. The minimum Gasteiger partial charge on any atom is -0.353 e. The number of rotatable bonds is 2. The van der Waals surface area contributed by atoms with Crippen molar-refractivity contribution in [2.45, 2.75) is 13.3 Å². The summed E-state index contributed by atoms with van der Waals surface area (Å²) in [7, 11) is 0. The number of hydrogen-bond donors (Lipinski definition) is 0. The molecule has 1 fully saturated rings. The van der Waals surface area contributed by atoms with Gasteiger partial charge in [-0.1, -0.05) is 11.6 Å². The zero-order valence-corrected chi connectivity index (χ0v) is 12.7. The highest BCUT2D eigenvalue weighted by Crippen LogP contribution is 2.20. The van der Waals surface area contributed by atoms with Gasteiger partial charge in [0.05, 0.1) is 12.4 Å². The molecular weight excluding hydrogens is 296 g/mol. The van der Waals surface area contributed by atoms with Crippen LogP contribution in [0.1, 0.15) is 12.2 Å². The molecule has 8 heteroatoms. The summed E-state index contributed by atoms with van der Waals surface area (Å²) in [5.74, 6) is 1.68. The average molecular weight is 311 g/mol. The zero-order chi connectivity index (χ0) is 13.9. The lowest BCUT2D eigenvalue weighted by Gasteiger charge is -2.21. The van der Waals surface area contributed by atoms with E-state index >= 15 is 0 Å².